The molecule has 4 aliphatic carbocycles. The molecule has 3 saturated heterocycles. The smallest absolute Gasteiger partial charge is 0.331 e. The van der Waals surface area contributed by atoms with E-state index in [0.717, 1.165) is 63.4 Å². The second-order valence-corrected chi connectivity index (χ2v) is 18.4. The molecule has 4 saturated carbocycles. The monoisotopic (exact) mass is 766 g/mol. The average molecular weight is 767 g/mol. The summed E-state index contributed by atoms with van der Waals surface area (Å²) >= 11 is 0. The number of hydrogen-bond donors (Lipinski definition) is 6. The van der Waals surface area contributed by atoms with Crippen molar-refractivity contribution >= 4 is 5.97 Å². The van der Waals surface area contributed by atoms with Crippen LogP contribution < -0.4 is 0 Å². The standard InChI is InChI=1S/C40H62O14/c1-19-34(45)27(41)15-31(49-19)52-35-20(2)50-32(16-28(35)42)53-36-29(43)17-33(54-37(36)46)51-23-7-10-38(3)22(14-23)5-6-26-25(38)8-11-39(4)24(9-12-40(26,39)47)21-13-30(44)48-18-21/h13,19-20,22-29,31-37,41-43,45-47H,5-12,14-18H2,1-4H3/t19-,20-,22+,23+,24-,25+,26?,27+,28+,29+,31+,32+,33-,34-,35-,36+,37+,38+,39-,40+/m1/s1. The number of esters is 1. The second-order valence-electron chi connectivity index (χ2n) is 18.4. The van der Waals surface area contributed by atoms with Gasteiger partial charge < -0.3 is 63.8 Å². The first-order valence-electron chi connectivity index (χ1n) is 20.5. The molecule has 0 spiro atoms. The van der Waals surface area contributed by atoms with Crippen LogP contribution >= 0.6 is 0 Å². The van der Waals surface area contributed by atoms with Crippen LogP contribution in [0.25, 0.3) is 0 Å². The van der Waals surface area contributed by atoms with E-state index in [-0.39, 0.29) is 54.0 Å². The lowest BCUT2D eigenvalue weighted by Gasteiger charge is -2.63. The van der Waals surface area contributed by atoms with Crippen LogP contribution in [0.1, 0.15) is 105 Å². The highest BCUT2D eigenvalue weighted by atomic mass is 16.8. The maximum absolute atomic E-state index is 12.5. The van der Waals surface area contributed by atoms with Gasteiger partial charge >= 0.3 is 5.97 Å². The van der Waals surface area contributed by atoms with E-state index in [1.54, 1.807) is 19.9 Å². The quantitative estimate of drug-likeness (QED) is 0.163. The van der Waals surface area contributed by atoms with Gasteiger partial charge in [0.05, 0.1) is 42.2 Å². The van der Waals surface area contributed by atoms with Crippen molar-refractivity contribution in [3.63, 3.8) is 0 Å². The Morgan fingerprint density at radius 3 is 2.04 bits per heavy atom. The first-order chi connectivity index (χ1) is 25.6. The van der Waals surface area contributed by atoms with Crippen LogP contribution in [0.4, 0.5) is 0 Å². The zero-order valence-electron chi connectivity index (χ0n) is 32.0. The fourth-order valence-electron chi connectivity index (χ4n) is 12.5. The molecule has 4 aliphatic heterocycles. The van der Waals surface area contributed by atoms with Crippen molar-refractivity contribution in [2.24, 2.45) is 34.5 Å². The van der Waals surface area contributed by atoms with Gasteiger partial charge in [-0.25, -0.2) is 4.79 Å². The number of ether oxygens (including phenoxy) is 7. The van der Waals surface area contributed by atoms with E-state index in [2.05, 4.69) is 13.8 Å². The van der Waals surface area contributed by atoms with E-state index in [1.807, 2.05) is 0 Å². The van der Waals surface area contributed by atoms with Gasteiger partial charge in [0.1, 0.15) is 24.9 Å². The molecule has 14 heteroatoms. The van der Waals surface area contributed by atoms with Crippen LogP contribution in [0.2, 0.25) is 0 Å². The topological polar surface area (TPSA) is 203 Å². The van der Waals surface area contributed by atoms with Crippen LogP contribution in [0.3, 0.4) is 0 Å². The van der Waals surface area contributed by atoms with Gasteiger partial charge in [-0.1, -0.05) is 13.8 Å². The molecule has 54 heavy (non-hydrogen) atoms. The predicted octanol–water partition coefficient (Wildman–Crippen LogP) is 2.18. The molecule has 8 aliphatic rings. The van der Waals surface area contributed by atoms with E-state index >= 15 is 0 Å². The second kappa shape index (κ2) is 14.8. The minimum absolute atomic E-state index is 0.00762. The largest absolute Gasteiger partial charge is 0.458 e. The lowest BCUT2D eigenvalue weighted by molar-refractivity contribution is -0.361. The molecule has 8 rings (SSSR count). The van der Waals surface area contributed by atoms with E-state index in [1.165, 1.54) is 0 Å². The highest BCUT2D eigenvalue weighted by molar-refractivity contribution is 5.85. The Hall–Kier alpha value is -1.27. The fraction of sp³-hybridized carbons (Fsp3) is 0.925. The molecule has 1 unspecified atom stereocenters. The molecular weight excluding hydrogens is 704 g/mol. The molecule has 306 valence electrons. The number of rotatable bonds is 7. The molecule has 0 aromatic rings. The highest BCUT2D eigenvalue weighted by Gasteiger charge is 2.68. The van der Waals surface area contributed by atoms with Crippen molar-refractivity contribution in [3.05, 3.63) is 11.6 Å². The summed E-state index contributed by atoms with van der Waals surface area (Å²) in [6, 6.07) is 0. The summed E-state index contributed by atoms with van der Waals surface area (Å²) in [5.74, 6) is 0.964. The van der Waals surface area contributed by atoms with Crippen LogP contribution in [0.5, 0.6) is 0 Å². The fourth-order valence-corrected chi connectivity index (χ4v) is 12.5. The zero-order chi connectivity index (χ0) is 38.3. The molecule has 14 nitrogen and oxygen atoms in total. The van der Waals surface area contributed by atoms with Crippen LogP contribution in [0.15, 0.2) is 11.6 Å². The Kier molecular flexibility index (Phi) is 10.9. The number of carbonyl (C=O) groups excluding carboxylic acids is 1. The Labute approximate surface area is 317 Å². The Balaban J connectivity index is 0.826. The number of carbonyl (C=O) groups is 1. The van der Waals surface area contributed by atoms with Crippen molar-refractivity contribution in [3.8, 4) is 0 Å². The summed E-state index contributed by atoms with van der Waals surface area (Å²) < 4.78 is 41.1. The van der Waals surface area contributed by atoms with Crippen LogP contribution in [0, 0.1) is 34.5 Å². The van der Waals surface area contributed by atoms with Crippen molar-refractivity contribution < 1.29 is 68.6 Å². The van der Waals surface area contributed by atoms with Gasteiger partial charge in [-0.15, -0.1) is 0 Å². The van der Waals surface area contributed by atoms with Crippen molar-refractivity contribution in [2.75, 3.05) is 6.61 Å². The summed E-state index contributed by atoms with van der Waals surface area (Å²) in [5, 5.41) is 65.7. The molecule has 0 bridgehead atoms. The number of aliphatic hydroxyl groups excluding tert-OH is 5. The molecule has 0 radical (unpaired) electrons. The minimum Gasteiger partial charge on any atom is -0.458 e. The summed E-state index contributed by atoms with van der Waals surface area (Å²) in [6.45, 7) is 8.37. The average Bonchev–Trinajstić information content (AvgIpc) is 3.66. The van der Waals surface area contributed by atoms with Crippen molar-refractivity contribution in [1.82, 2.24) is 0 Å². The van der Waals surface area contributed by atoms with Crippen LogP contribution in [-0.2, 0) is 38.0 Å². The summed E-state index contributed by atoms with van der Waals surface area (Å²) in [5.41, 5.74) is 0.0966. The normalized spacial score (nSPS) is 55.0. The minimum atomic E-state index is -1.48. The third-order valence-electron chi connectivity index (χ3n) is 15.6. The molecule has 0 aromatic carbocycles. The third kappa shape index (κ3) is 6.81. The lowest BCUT2D eigenvalue weighted by Crippen LogP contribution is -2.62. The highest BCUT2D eigenvalue weighted by Crippen LogP contribution is 2.70. The lowest BCUT2D eigenvalue weighted by atomic mass is 9.43. The van der Waals surface area contributed by atoms with Gasteiger partial charge in [0.15, 0.2) is 25.2 Å². The van der Waals surface area contributed by atoms with Crippen LogP contribution in [-0.4, -0.2) is 129 Å². The molecule has 0 amide bonds. The number of hydrogen-bond acceptors (Lipinski definition) is 14. The number of aliphatic hydroxyl groups is 6. The maximum Gasteiger partial charge on any atom is 0.331 e. The van der Waals surface area contributed by atoms with E-state index in [9.17, 15) is 35.4 Å². The molecular formula is C40H62O14. The molecule has 20 atom stereocenters. The Morgan fingerprint density at radius 2 is 1.37 bits per heavy atom. The number of fused-ring (bicyclic) bond motifs is 5. The first-order valence-corrected chi connectivity index (χ1v) is 20.5. The summed E-state index contributed by atoms with van der Waals surface area (Å²) in [4.78, 5) is 11.9. The maximum atomic E-state index is 12.5. The number of cyclic esters (lactones) is 1. The van der Waals surface area contributed by atoms with Crippen molar-refractivity contribution in [1.29, 1.82) is 0 Å². The third-order valence-corrected chi connectivity index (χ3v) is 15.6. The van der Waals surface area contributed by atoms with E-state index < -0.39 is 79.6 Å². The van der Waals surface area contributed by atoms with E-state index in [0.29, 0.717) is 18.4 Å². The first kappa shape index (κ1) is 39.6. The zero-order valence-corrected chi connectivity index (χ0v) is 32.0. The van der Waals surface area contributed by atoms with E-state index in [4.69, 9.17) is 33.2 Å². The van der Waals surface area contributed by atoms with Crippen molar-refractivity contribution in [2.45, 2.75) is 190 Å². The SMILES string of the molecule is C[C@H]1O[C@@H](O[C@H]2[C@@H](O)C[C@H](O[C@H]3[C@@H](O)C[C@H](O[C@H]4CC[C@@]5(C)[C@@H](CCC6[C@@H]5CC[C@]5(C)[C@@H](C7=CC(=O)OC7)CC[C@]65O)C4)O[C@@H]3O)O[C@@H]2C)C[C@H](O)[C@@H]1O. The molecule has 0 aromatic heterocycles. The summed E-state index contributed by atoms with van der Waals surface area (Å²) in [6.07, 6.45) is -1.40. The van der Waals surface area contributed by atoms with Gasteiger partial charge in [0.2, 0.25) is 0 Å². The Bertz CT molecular complexity index is 1380. The summed E-state index contributed by atoms with van der Waals surface area (Å²) in [7, 11) is 0. The van der Waals surface area contributed by atoms with Gasteiger partial charge in [-0.2, -0.15) is 0 Å². The van der Waals surface area contributed by atoms with Gasteiger partial charge in [0.25, 0.3) is 0 Å². The molecule has 4 heterocycles. The predicted molar refractivity (Wildman–Crippen MR) is 188 cm³/mol. The molecule has 7 fully saturated rings. The van der Waals surface area contributed by atoms with Gasteiger partial charge in [-0.05, 0) is 106 Å². The Morgan fingerprint density at radius 1 is 0.704 bits per heavy atom. The van der Waals surface area contributed by atoms with Gasteiger partial charge in [0, 0.05) is 30.8 Å². The molecule has 6 N–H and O–H groups in total. The van der Waals surface area contributed by atoms with Gasteiger partial charge in [-0.3, -0.25) is 0 Å².